The van der Waals surface area contributed by atoms with Crippen molar-refractivity contribution in [2.24, 2.45) is 0 Å². The molecule has 0 aliphatic carbocycles. The van der Waals surface area contributed by atoms with Crippen LogP contribution in [0.1, 0.15) is 11.3 Å². The first-order valence-corrected chi connectivity index (χ1v) is 10.3. The summed E-state index contributed by atoms with van der Waals surface area (Å²) in [4.78, 5) is -0.174. The number of sulfonamides is 1. The molecule has 0 saturated carbocycles. The van der Waals surface area contributed by atoms with Crippen molar-refractivity contribution >= 4 is 44.8 Å². The van der Waals surface area contributed by atoms with Gasteiger partial charge in [0.1, 0.15) is 16.5 Å². The third kappa shape index (κ3) is 4.65. The summed E-state index contributed by atoms with van der Waals surface area (Å²) >= 11 is 18.0. The Morgan fingerprint density at radius 3 is 2.22 bits per heavy atom. The first-order chi connectivity index (χ1) is 12.8. The maximum atomic E-state index is 13.2. The Hall–Kier alpha value is -1.57. The summed E-state index contributed by atoms with van der Waals surface area (Å²) in [5.74, 6) is 0.0311. The third-order valence-electron chi connectivity index (χ3n) is 3.78. The topological polar surface area (TPSA) is 50.5 Å². The molecule has 4 nitrogen and oxygen atoms in total. The van der Waals surface area contributed by atoms with Gasteiger partial charge in [-0.3, -0.25) is 0 Å². The molecule has 142 valence electrons. The Bertz CT molecular complexity index is 1040. The maximum absolute atomic E-state index is 13.2. The van der Waals surface area contributed by atoms with E-state index in [-0.39, 0.29) is 33.1 Å². The normalized spacial score (nSPS) is 11.9. The van der Waals surface area contributed by atoms with Gasteiger partial charge in [0.25, 0.3) is 0 Å². The minimum Gasteiger partial charge on any atom is -0.468 e. The molecule has 0 radical (unpaired) electrons. The summed E-state index contributed by atoms with van der Waals surface area (Å²) in [6, 6.07) is 11.3. The molecule has 0 amide bonds. The maximum Gasteiger partial charge on any atom is 0.245 e. The highest BCUT2D eigenvalue weighted by Gasteiger charge is 2.29. The summed E-state index contributed by atoms with van der Waals surface area (Å²) in [6.07, 6.45) is 1.45. The molecule has 1 heterocycles. The highest BCUT2D eigenvalue weighted by atomic mass is 35.5. The average Bonchev–Trinajstić information content (AvgIpc) is 3.12. The van der Waals surface area contributed by atoms with Gasteiger partial charge in [-0.2, -0.15) is 4.31 Å². The van der Waals surface area contributed by atoms with Crippen LogP contribution in [0, 0.1) is 5.82 Å². The van der Waals surface area contributed by atoms with Gasteiger partial charge in [0.2, 0.25) is 10.0 Å². The van der Waals surface area contributed by atoms with E-state index in [2.05, 4.69) is 0 Å². The molecule has 0 atom stereocenters. The van der Waals surface area contributed by atoms with E-state index in [4.69, 9.17) is 39.2 Å². The zero-order chi connectivity index (χ0) is 19.6. The van der Waals surface area contributed by atoms with Crippen LogP contribution in [0.15, 0.2) is 64.1 Å². The Labute approximate surface area is 171 Å². The summed E-state index contributed by atoms with van der Waals surface area (Å²) in [5.41, 5.74) is 0.600. The largest absolute Gasteiger partial charge is 0.468 e. The summed E-state index contributed by atoms with van der Waals surface area (Å²) in [6.45, 7) is -0.0524. The molecule has 3 aromatic rings. The van der Waals surface area contributed by atoms with E-state index in [0.29, 0.717) is 11.3 Å². The highest BCUT2D eigenvalue weighted by molar-refractivity contribution is 7.89. The first-order valence-electron chi connectivity index (χ1n) is 7.69. The number of benzene rings is 2. The lowest BCUT2D eigenvalue weighted by Crippen LogP contribution is -2.30. The number of halogens is 4. The van der Waals surface area contributed by atoms with Crippen LogP contribution in [0.5, 0.6) is 0 Å². The van der Waals surface area contributed by atoms with Gasteiger partial charge in [-0.25, -0.2) is 12.8 Å². The standard InChI is InChI=1S/C18H13Cl3FNO3S/c19-15-8-17(21)18(9-16(15)20)27(24,25)23(11-14-2-1-7-26-14)10-12-3-5-13(22)6-4-12/h1-9H,10-11H2. The van der Waals surface area contributed by atoms with Gasteiger partial charge in [0.05, 0.1) is 27.9 Å². The fourth-order valence-corrected chi connectivity index (χ4v) is 4.81. The van der Waals surface area contributed by atoms with Crippen molar-refractivity contribution in [3.63, 3.8) is 0 Å². The lowest BCUT2D eigenvalue weighted by Gasteiger charge is -2.22. The molecule has 3 rings (SSSR count). The van der Waals surface area contributed by atoms with E-state index in [0.717, 1.165) is 0 Å². The second-order valence-electron chi connectivity index (χ2n) is 5.68. The van der Waals surface area contributed by atoms with Crippen molar-refractivity contribution in [2.75, 3.05) is 0 Å². The molecule has 0 N–H and O–H groups in total. The second-order valence-corrected chi connectivity index (χ2v) is 8.80. The zero-order valence-corrected chi connectivity index (χ0v) is 16.8. The van der Waals surface area contributed by atoms with Crippen LogP contribution in [0.4, 0.5) is 4.39 Å². The second kappa shape index (κ2) is 8.20. The van der Waals surface area contributed by atoms with Gasteiger partial charge in [-0.1, -0.05) is 46.9 Å². The van der Waals surface area contributed by atoms with Crippen LogP contribution in [0.2, 0.25) is 15.1 Å². The van der Waals surface area contributed by atoms with Crippen LogP contribution in [0.25, 0.3) is 0 Å². The molecule has 0 bridgehead atoms. The SMILES string of the molecule is O=S(=O)(c1cc(Cl)c(Cl)cc1Cl)N(Cc1ccc(F)cc1)Cc1ccco1. The predicted molar refractivity (Wildman–Crippen MR) is 103 cm³/mol. The molecule has 0 aliphatic heterocycles. The fraction of sp³-hybridized carbons (Fsp3) is 0.111. The van der Waals surface area contributed by atoms with Crippen molar-refractivity contribution < 1.29 is 17.2 Å². The van der Waals surface area contributed by atoms with Crippen molar-refractivity contribution in [1.29, 1.82) is 0 Å². The molecule has 1 aromatic heterocycles. The van der Waals surface area contributed by atoms with Crippen LogP contribution in [-0.4, -0.2) is 12.7 Å². The molecular formula is C18H13Cl3FNO3S. The minimum atomic E-state index is -4.05. The van der Waals surface area contributed by atoms with Crippen molar-refractivity contribution in [3.8, 4) is 0 Å². The van der Waals surface area contributed by atoms with Crippen LogP contribution >= 0.6 is 34.8 Å². The first kappa shape index (κ1) is 20.2. The van der Waals surface area contributed by atoms with Gasteiger partial charge in [0, 0.05) is 6.54 Å². The fourth-order valence-electron chi connectivity index (χ4n) is 2.44. The van der Waals surface area contributed by atoms with Crippen LogP contribution < -0.4 is 0 Å². The molecule has 0 spiro atoms. The molecule has 0 fully saturated rings. The Morgan fingerprint density at radius 2 is 1.59 bits per heavy atom. The van der Waals surface area contributed by atoms with E-state index < -0.39 is 15.8 Å². The highest BCUT2D eigenvalue weighted by Crippen LogP contribution is 2.34. The van der Waals surface area contributed by atoms with E-state index >= 15 is 0 Å². The van der Waals surface area contributed by atoms with E-state index in [1.54, 1.807) is 12.1 Å². The molecular weight excluding hydrogens is 436 g/mol. The van der Waals surface area contributed by atoms with E-state index in [1.807, 2.05) is 0 Å². The molecule has 0 saturated heterocycles. The Kier molecular flexibility index (Phi) is 6.13. The Morgan fingerprint density at radius 1 is 0.926 bits per heavy atom. The quantitative estimate of drug-likeness (QED) is 0.450. The lowest BCUT2D eigenvalue weighted by molar-refractivity contribution is 0.358. The molecule has 0 unspecified atom stereocenters. The third-order valence-corrected chi connectivity index (χ3v) is 6.76. The summed E-state index contributed by atoms with van der Waals surface area (Å²) in [5, 5.41) is 0.170. The summed E-state index contributed by atoms with van der Waals surface area (Å²) < 4.78 is 46.1. The number of rotatable bonds is 6. The predicted octanol–water partition coefficient (Wildman–Crippen LogP) is 5.77. The zero-order valence-electron chi connectivity index (χ0n) is 13.7. The van der Waals surface area contributed by atoms with Crippen molar-refractivity contribution in [2.45, 2.75) is 18.0 Å². The van der Waals surface area contributed by atoms with Gasteiger partial charge < -0.3 is 4.42 Å². The summed E-state index contributed by atoms with van der Waals surface area (Å²) in [7, 11) is -4.05. The van der Waals surface area contributed by atoms with Crippen molar-refractivity contribution in [3.05, 3.63) is 87.0 Å². The molecule has 9 heteroatoms. The number of hydrogen-bond donors (Lipinski definition) is 0. The monoisotopic (exact) mass is 447 g/mol. The average molecular weight is 449 g/mol. The minimum absolute atomic E-state index is 0.0140. The van der Waals surface area contributed by atoms with E-state index in [1.165, 1.54) is 47.0 Å². The Balaban J connectivity index is 2.02. The molecule has 2 aromatic carbocycles. The lowest BCUT2D eigenvalue weighted by atomic mass is 10.2. The number of hydrogen-bond acceptors (Lipinski definition) is 3. The van der Waals surface area contributed by atoms with Gasteiger partial charge in [0.15, 0.2) is 0 Å². The van der Waals surface area contributed by atoms with Gasteiger partial charge in [-0.05, 0) is 42.0 Å². The molecule has 27 heavy (non-hydrogen) atoms. The van der Waals surface area contributed by atoms with Crippen LogP contribution in [-0.2, 0) is 23.1 Å². The number of furan rings is 1. The van der Waals surface area contributed by atoms with Gasteiger partial charge >= 0.3 is 0 Å². The van der Waals surface area contributed by atoms with Crippen LogP contribution in [0.3, 0.4) is 0 Å². The smallest absolute Gasteiger partial charge is 0.245 e. The van der Waals surface area contributed by atoms with Crippen molar-refractivity contribution in [1.82, 2.24) is 4.31 Å². The van der Waals surface area contributed by atoms with E-state index in [9.17, 15) is 12.8 Å². The number of nitrogens with zero attached hydrogens (tertiary/aromatic N) is 1. The van der Waals surface area contributed by atoms with Gasteiger partial charge in [-0.15, -0.1) is 0 Å². The molecule has 0 aliphatic rings.